The Hall–Kier alpha value is -2.24. The molecule has 2 rings (SSSR count). The molecule has 0 aliphatic carbocycles. The fourth-order valence-corrected chi connectivity index (χ4v) is 1.75. The molecule has 0 saturated carbocycles. The van der Waals surface area contributed by atoms with E-state index in [1.807, 2.05) is 13.1 Å². The zero-order valence-corrected chi connectivity index (χ0v) is 11.0. The summed E-state index contributed by atoms with van der Waals surface area (Å²) >= 11 is 0. The van der Waals surface area contributed by atoms with E-state index in [2.05, 4.69) is 10.4 Å². The van der Waals surface area contributed by atoms with Crippen molar-refractivity contribution in [3.8, 4) is 5.75 Å². The van der Waals surface area contributed by atoms with Gasteiger partial charge in [-0.1, -0.05) is 0 Å². The van der Waals surface area contributed by atoms with E-state index in [0.29, 0.717) is 24.5 Å². The molecule has 0 aliphatic heterocycles. The van der Waals surface area contributed by atoms with E-state index in [0.717, 1.165) is 5.69 Å². The third-order valence-electron chi connectivity index (χ3n) is 2.79. The van der Waals surface area contributed by atoms with E-state index in [9.17, 15) is 4.39 Å². The maximum atomic E-state index is 13.5. The van der Waals surface area contributed by atoms with Crippen molar-refractivity contribution in [1.82, 2.24) is 9.78 Å². The maximum Gasteiger partial charge on any atom is 0.167 e. The molecule has 2 aromatic rings. The van der Waals surface area contributed by atoms with Crippen LogP contribution in [0, 0.1) is 5.82 Å². The van der Waals surface area contributed by atoms with E-state index in [-0.39, 0.29) is 5.75 Å². The van der Waals surface area contributed by atoms with Gasteiger partial charge in [0.1, 0.15) is 0 Å². The summed E-state index contributed by atoms with van der Waals surface area (Å²) in [5.41, 5.74) is 7.78. The molecule has 0 saturated heterocycles. The molecular weight excluding hydrogens is 247 g/mol. The molecule has 0 amide bonds. The van der Waals surface area contributed by atoms with Crippen LogP contribution in [0.15, 0.2) is 24.4 Å². The van der Waals surface area contributed by atoms with Gasteiger partial charge in [-0.2, -0.15) is 5.10 Å². The minimum Gasteiger partial charge on any atom is -0.491 e. The maximum absolute atomic E-state index is 13.5. The number of rotatable bonds is 5. The van der Waals surface area contributed by atoms with Crippen molar-refractivity contribution in [2.24, 2.45) is 7.05 Å². The summed E-state index contributed by atoms with van der Waals surface area (Å²) in [6.07, 6.45) is 1.72. The molecule has 1 aromatic carbocycles. The Morgan fingerprint density at radius 1 is 1.47 bits per heavy atom. The summed E-state index contributed by atoms with van der Waals surface area (Å²) in [7, 11) is 1.86. The standard InChI is InChI=1S/C13H17FN4O/c1-3-19-13-7-12(11(15)6-10(13)14)16-8-9-4-5-17-18(9)2/h4-7,16H,3,8,15H2,1-2H3. The van der Waals surface area contributed by atoms with E-state index in [1.54, 1.807) is 23.9 Å². The van der Waals surface area contributed by atoms with Crippen molar-refractivity contribution >= 4 is 11.4 Å². The van der Waals surface area contributed by atoms with Crippen LogP contribution in [0.3, 0.4) is 0 Å². The average molecular weight is 264 g/mol. The molecule has 1 aromatic heterocycles. The Balaban J connectivity index is 2.15. The number of benzene rings is 1. The van der Waals surface area contributed by atoms with Gasteiger partial charge in [-0.15, -0.1) is 0 Å². The van der Waals surface area contributed by atoms with Crippen molar-refractivity contribution in [2.75, 3.05) is 17.7 Å². The van der Waals surface area contributed by atoms with Crippen LogP contribution < -0.4 is 15.8 Å². The van der Waals surface area contributed by atoms with Crippen LogP contribution in [-0.2, 0) is 13.6 Å². The molecular formula is C13H17FN4O. The number of anilines is 2. The van der Waals surface area contributed by atoms with Gasteiger partial charge in [-0.3, -0.25) is 4.68 Å². The number of nitrogens with one attached hydrogen (secondary N) is 1. The molecule has 3 N–H and O–H groups in total. The van der Waals surface area contributed by atoms with Crippen LogP contribution in [0.4, 0.5) is 15.8 Å². The number of nitrogen functional groups attached to an aromatic ring is 1. The zero-order valence-electron chi connectivity index (χ0n) is 11.0. The Morgan fingerprint density at radius 3 is 2.89 bits per heavy atom. The van der Waals surface area contributed by atoms with Crippen LogP contribution in [-0.4, -0.2) is 16.4 Å². The van der Waals surface area contributed by atoms with Crippen molar-refractivity contribution in [1.29, 1.82) is 0 Å². The van der Waals surface area contributed by atoms with Crippen molar-refractivity contribution < 1.29 is 9.13 Å². The summed E-state index contributed by atoms with van der Waals surface area (Å²) in [5.74, 6) is -0.255. The predicted molar refractivity (Wildman–Crippen MR) is 72.5 cm³/mol. The second-order valence-corrected chi connectivity index (χ2v) is 4.10. The molecule has 0 atom stereocenters. The van der Waals surface area contributed by atoms with Gasteiger partial charge < -0.3 is 15.8 Å². The molecule has 5 nitrogen and oxygen atoms in total. The van der Waals surface area contributed by atoms with Gasteiger partial charge in [0, 0.05) is 25.4 Å². The summed E-state index contributed by atoms with van der Waals surface area (Å²) in [4.78, 5) is 0. The van der Waals surface area contributed by atoms with Gasteiger partial charge in [0.2, 0.25) is 0 Å². The number of ether oxygens (including phenoxy) is 1. The van der Waals surface area contributed by atoms with Crippen molar-refractivity contribution in [3.63, 3.8) is 0 Å². The highest BCUT2D eigenvalue weighted by Crippen LogP contribution is 2.28. The van der Waals surface area contributed by atoms with Crippen LogP contribution in [0.5, 0.6) is 5.75 Å². The lowest BCUT2D eigenvalue weighted by Gasteiger charge is -2.12. The quantitative estimate of drug-likeness (QED) is 0.812. The van der Waals surface area contributed by atoms with Gasteiger partial charge in [-0.25, -0.2) is 4.39 Å². The Bertz CT molecular complexity index is 568. The first kappa shape index (κ1) is 13.2. The number of halogens is 1. The normalized spacial score (nSPS) is 10.5. The highest BCUT2D eigenvalue weighted by atomic mass is 19.1. The Labute approximate surface area is 111 Å². The number of hydrogen-bond acceptors (Lipinski definition) is 4. The lowest BCUT2D eigenvalue weighted by Crippen LogP contribution is -2.08. The molecule has 102 valence electrons. The summed E-state index contributed by atoms with van der Waals surface area (Å²) in [5, 5.41) is 7.22. The fourth-order valence-electron chi connectivity index (χ4n) is 1.75. The monoisotopic (exact) mass is 264 g/mol. The van der Waals surface area contributed by atoms with E-state index >= 15 is 0 Å². The lowest BCUT2D eigenvalue weighted by atomic mass is 10.2. The smallest absolute Gasteiger partial charge is 0.167 e. The number of hydrogen-bond donors (Lipinski definition) is 2. The summed E-state index contributed by atoms with van der Waals surface area (Å²) in [6, 6.07) is 4.73. The first-order valence-corrected chi connectivity index (χ1v) is 6.04. The SMILES string of the molecule is CCOc1cc(NCc2ccnn2C)c(N)cc1F. The van der Waals surface area contributed by atoms with Crippen LogP contribution in [0.1, 0.15) is 12.6 Å². The third kappa shape index (κ3) is 2.96. The van der Waals surface area contributed by atoms with Gasteiger partial charge in [0.05, 0.1) is 30.2 Å². The van der Waals surface area contributed by atoms with E-state index < -0.39 is 5.82 Å². The minimum absolute atomic E-state index is 0.198. The predicted octanol–water partition coefficient (Wildman–Crippen LogP) is 2.15. The molecule has 0 aliphatic rings. The summed E-state index contributed by atoms with van der Waals surface area (Å²) in [6.45, 7) is 2.76. The molecule has 0 spiro atoms. The second-order valence-electron chi connectivity index (χ2n) is 4.10. The largest absolute Gasteiger partial charge is 0.491 e. The first-order valence-electron chi connectivity index (χ1n) is 6.04. The topological polar surface area (TPSA) is 65.1 Å². The van der Waals surface area contributed by atoms with Gasteiger partial charge in [0.15, 0.2) is 11.6 Å². The van der Waals surface area contributed by atoms with Crippen LogP contribution in [0.25, 0.3) is 0 Å². The summed E-state index contributed by atoms with van der Waals surface area (Å²) < 4.78 is 20.5. The molecule has 0 radical (unpaired) electrons. The lowest BCUT2D eigenvalue weighted by molar-refractivity contribution is 0.322. The molecule has 1 heterocycles. The average Bonchev–Trinajstić information content (AvgIpc) is 2.77. The van der Waals surface area contributed by atoms with Gasteiger partial charge in [-0.05, 0) is 13.0 Å². The highest BCUT2D eigenvalue weighted by molar-refractivity contribution is 5.68. The van der Waals surface area contributed by atoms with Crippen LogP contribution in [0.2, 0.25) is 0 Å². The Kier molecular flexibility index (Phi) is 3.89. The third-order valence-corrected chi connectivity index (χ3v) is 2.79. The van der Waals surface area contributed by atoms with Crippen molar-refractivity contribution in [3.05, 3.63) is 35.9 Å². The zero-order chi connectivity index (χ0) is 13.8. The number of aryl methyl sites for hydroxylation is 1. The highest BCUT2D eigenvalue weighted by Gasteiger charge is 2.09. The second kappa shape index (κ2) is 5.60. The number of nitrogens with two attached hydrogens (primary N) is 1. The molecule has 19 heavy (non-hydrogen) atoms. The number of nitrogens with zero attached hydrogens (tertiary/aromatic N) is 2. The van der Waals surface area contributed by atoms with Gasteiger partial charge >= 0.3 is 0 Å². The molecule has 6 heteroatoms. The molecule has 0 fully saturated rings. The first-order chi connectivity index (χ1) is 9.11. The Morgan fingerprint density at radius 2 is 2.26 bits per heavy atom. The van der Waals surface area contributed by atoms with E-state index in [4.69, 9.17) is 10.5 Å². The minimum atomic E-state index is -0.453. The van der Waals surface area contributed by atoms with Crippen LogP contribution >= 0.6 is 0 Å². The molecule has 0 unspecified atom stereocenters. The number of aromatic nitrogens is 2. The fraction of sp³-hybridized carbons (Fsp3) is 0.308. The molecule has 0 bridgehead atoms. The van der Waals surface area contributed by atoms with Crippen molar-refractivity contribution in [2.45, 2.75) is 13.5 Å². The van der Waals surface area contributed by atoms with Gasteiger partial charge in [0.25, 0.3) is 0 Å². The van der Waals surface area contributed by atoms with E-state index in [1.165, 1.54) is 6.07 Å².